The molecule has 0 atom stereocenters. The first-order valence-electron chi connectivity index (χ1n) is 6.97. The third kappa shape index (κ3) is 1.96. The van der Waals surface area contributed by atoms with Crippen molar-refractivity contribution in [1.29, 1.82) is 0 Å². The minimum absolute atomic E-state index is 0.118. The lowest BCUT2D eigenvalue weighted by Gasteiger charge is -2.26. The number of nitrogens with zero attached hydrogens (tertiary/aromatic N) is 4. The minimum atomic E-state index is -2.65. The topological polar surface area (TPSA) is 76.0 Å². The van der Waals surface area contributed by atoms with Crippen LogP contribution in [0.25, 0.3) is 0 Å². The van der Waals surface area contributed by atoms with E-state index >= 15 is 0 Å². The summed E-state index contributed by atoms with van der Waals surface area (Å²) in [6, 6.07) is 1.59. The van der Waals surface area contributed by atoms with Gasteiger partial charge in [0.25, 0.3) is 12.3 Å². The van der Waals surface area contributed by atoms with E-state index in [0.717, 1.165) is 0 Å². The van der Waals surface area contributed by atoms with Crippen molar-refractivity contribution in [2.75, 3.05) is 13.2 Å². The van der Waals surface area contributed by atoms with Crippen LogP contribution in [0.4, 0.5) is 8.78 Å². The number of alkyl halides is 2. The van der Waals surface area contributed by atoms with Gasteiger partial charge in [-0.2, -0.15) is 10.2 Å². The zero-order chi connectivity index (χ0) is 15.3. The van der Waals surface area contributed by atoms with Crippen LogP contribution in [-0.4, -0.2) is 43.9 Å². The number of aromatic nitrogens is 4. The second kappa shape index (κ2) is 4.79. The fourth-order valence-corrected chi connectivity index (χ4v) is 2.85. The maximum Gasteiger partial charge on any atom is 0.282 e. The number of nitrogens with one attached hydrogen (secondary N) is 1. The molecule has 7 nitrogen and oxygen atoms in total. The molecule has 1 N–H and O–H groups in total. The fraction of sp³-hybridized carbons (Fsp3) is 0.462. The van der Waals surface area contributed by atoms with Crippen molar-refractivity contribution < 1.29 is 18.3 Å². The van der Waals surface area contributed by atoms with Crippen LogP contribution in [0.2, 0.25) is 0 Å². The summed E-state index contributed by atoms with van der Waals surface area (Å²) < 4.78 is 32.8. The van der Waals surface area contributed by atoms with Gasteiger partial charge in [-0.1, -0.05) is 0 Å². The van der Waals surface area contributed by atoms with E-state index in [1.807, 2.05) is 0 Å². The van der Waals surface area contributed by atoms with Crippen molar-refractivity contribution in [2.24, 2.45) is 0 Å². The first-order chi connectivity index (χ1) is 10.6. The average Bonchev–Trinajstić information content (AvgIpc) is 3.19. The number of hydrogen-bond acceptors (Lipinski definition) is 4. The van der Waals surface area contributed by atoms with Gasteiger partial charge < -0.3 is 9.64 Å². The molecule has 22 heavy (non-hydrogen) atoms. The standard InChI is InChI=1S/C13H13F2N5O2/c14-12(15)11-7-6-19(2-1-8(7)16-17-11)13(21)9-5-10-20(18-9)3-4-22-10/h5,12H,1-4,6H2,(H,16,17). The highest BCUT2D eigenvalue weighted by molar-refractivity contribution is 5.92. The van der Waals surface area contributed by atoms with Gasteiger partial charge in [0.05, 0.1) is 6.54 Å². The number of hydrogen-bond donors (Lipinski definition) is 1. The number of carbonyl (C=O) groups excluding carboxylic acids is 1. The van der Waals surface area contributed by atoms with E-state index in [1.165, 1.54) is 4.90 Å². The smallest absolute Gasteiger partial charge is 0.282 e. The van der Waals surface area contributed by atoms with Crippen LogP contribution in [0.1, 0.15) is 33.9 Å². The van der Waals surface area contributed by atoms with Crippen molar-refractivity contribution in [3.63, 3.8) is 0 Å². The Bertz CT molecular complexity index is 717. The number of halogens is 2. The first-order valence-corrected chi connectivity index (χ1v) is 6.97. The van der Waals surface area contributed by atoms with Crippen LogP contribution >= 0.6 is 0 Å². The lowest BCUT2D eigenvalue weighted by atomic mass is 10.1. The Balaban J connectivity index is 1.58. The van der Waals surface area contributed by atoms with Gasteiger partial charge in [0.15, 0.2) is 5.69 Å². The number of ether oxygens (including phenoxy) is 1. The van der Waals surface area contributed by atoms with Gasteiger partial charge >= 0.3 is 0 Å². The maximum absolute atomic E-state index is 12.9. The van der Waals surface area contributed by atoms with Gasteiger partial charge in [0.2, 0.25) is 5.88 Å². The van der Waals surface area contributed by atoms with E-state index in [-0.39, 0.29) is 23.8 Å². The molecule has 1 amide bonds. The molecule has 0 radical (unpaired) electrons. The molecular weight excluding hydrogens is 296 g/mol. The number of aromatic amines is 1. The van der Waals surface area contributed by atoms with E-state index in [4.69, 9.17) is 4.74 Å². The highest BCUT2D eigenvalue weighted by Gasteiger charge is 2.30. The summed E-state index contributed by atoms with van der Waals surface area (Å²) in [4.78, 5) is 14.0. The molecule has 9 heteroatoms. The number of H-pyrrole nitrogens is 1. The van der Waals surface area contributed by atoms with Crippen LogP contribution in [0, 0.1) is 0 Å². The number of amides is 1. The maximum atomic E-state index is 12.9. The second-order valence-corrected chi connectivity index (χ2v) is 5.28. The molecule has 0 aromatic carbocycles. The predicted octanol–water partition coefficient (Wildman–Crippen LogP) is 1.13. The van der Waals surface area contributed by atoms with E-state index in [2.05, 4.69) is 15.3 Å². The molecule has 2 aromatic heterocycles. The van der Waals surface area contributed by atoms with E-state index in [9.17, 15) is 13.6 Å². The molecule has 2 aliphatic rings. The molecule has 0 saturated heterocycles. The van der Waals surface area contributed by atoms with Crippen molar-refractivity contribution in [3.8, 4) is 5.88 Å². The summed E-state index contributed by atoms with van der Waals surface area (Å²) in [5.41, 5.74) is 1.09. The third-order valence-corrected chi connectivity index (χ3v) is 3.97. The van der Waals surface area contributed by atoms with Crippen LogP contribution < -0.4 is 4.74 Å². The second-order valence-electron chi connectivity index (χ2n) is 5.28. The monoisotopic (exact) mass is 309 g/mol. The summed E-state index contributed by atoms with van der Waals surface area (Å²) in [7, 11) is 0. The summed E-state index contributed by atoms with van der Waals surface area (Å²) in [5, 5.41) is 10.5. The molecule has 0 fully saturated rings. The van der Waals surface area contributed by atoms with Crippen molar-refractivity contribution in [3.05, 3.63) is 28.7 Å². The predicted molar refractivity (Wildman–Crippen MR) is 69.7 cm³/mol. The van der Waals surface area contributed by atoms with Gasteiger partial charge in [0.1, 0.15) is 12.3 Å². The Hall–Kier alpha value is -2.45. The van der Waals surface area contributed by atoms with Gasteiger partial charge in [-0.25, -0.2) is 13.5 Å². The number of carbonyl (C=O) groups is 1. The Kier molecular flexibility index (Phi) is 2.88. The van der Waals surface area contributed by atoms with Crippen molar-refractivity contribution >= 4 is 5.91 Å². The fourth-order valence-electron chi connectivity index (χ4n) is 2.85. The highest BCUT2D eigenvalue weighted by atomic mass is 19.3. The summed E-state index contributed by atoms with van der Waals surface area (Å²) in [5.74, 6) is 0.287. The summed E-state index contributed by atoms with van der Waals surface area (Å²) in [6.07, 6.45) is -2.18. The molecule has 4 rings (SSSR count). The number of fused-ring (bicyclic) bond motifs is 2. The van der Waals surface area contributed by atoms with Gasteiger partial charge in [0, 0.05) is 36.8 Å². The Morgan fingerprint density at radius 3 is 3.05 bits per heavy atom. The van der Waals surface area contributed by atoms with Crippen molar-refractivity contribution in [2.45, 2.75) is 25.9 Å². The normalized spacial score (nSPS) is 16.6. The molecule has 116 valence electrons. The molecule has 2 aromatic rings. The minimum Gasteiger partial charge on any atom is -0.476 e. The van der Waals surface area contributed by atoms with Crippen LogP contribution in [0.5, 0.6) is 5.88 Å². The Labute approximate surface area is 123 Å². The molecule has 0 bridgehead atoms. The van der Waals surface area contributed by atoms with E-state index in [0.29, 0.717) is 43.3 Å². The number of rotatable bonds is 2. The zero-order valence-corrected chi connectivity index (χ0v) is 11.6. The van der Waals surface area contributed by atoms with Crippen LogP contribution in [0.3, 0.4) is 0 Å². The molecule has 2 aliphatic heterocycles. The highest BCUT2D eigenvalue weighted by Crippen LogP contribution is 2.28. The van der Waals surface area contributed by atoms with E-state index < -0.39 is 6.43 Å². The summed E-state index contributed by atoms with van der Waals surface area (Å²) >= 11 is 0. The van der Waals surface area contributed by atoms with Crippen molar-refractivity contribution in [1.82, 2.24) is 24.9 Å². The van der Waals surface area contributed by atoms with Gasteiger partial charge in [-0.3, -0.25) is 9.89 Å². The quantitative estimate of drug-likeness (QED) is 0.902. The molecular formula is C13H13F2N5O2. The first kappa shape index (κ1) is 13.2. The zero-order valence-electron chi connectivity index (χ0n) is 11.6. The third-order valence-electron chi connectivity index (χ3n) is 3.97. The summed E-state index contributed by atoms with van der Waals surface area (Å²) in [6.45, 7) is 1.73. The van der Waals surface area contributed by atoms with Gasteiger partial charge in [-0.15, -0.1) is 0 Å². The van der Waals surface area contributed by atoms with Crippen LogP contribution in [-0.2, 0) is 19.5 Å². The Morgan fingerprint density at radius 1 is 1.41 bits per heavy atom. The lowest BCUT2D eigenvalue weighted by molar-refractivity contribution is 0.0721. The molecule has 0 aliphatic carbocycles. The lowest BCUT2D eigenvalue weighted by Crippen LogP contribution is -2.36. The molecule has 0 saturated carbocycles. The largest absolute Gasteiger partial charge is 0.476 e. The van der Waals surface area contributed by atoms with Gasteiger partial charge in [-0.05, 0) is 0 Å². The van der Waals surface area contributed by atoms with Crippen LogP contribution in [0.15, 0.2) is 6.07 Å². The SMILES string of the molecule is O=C(c1cc2n(n1)CCO2)N1CCc2[nH]nc(C(F)F)c2C1. The average molecular weight is 309 g/mol. The van der Waals surface area contributed by atoms with E-state index in [1.54, 1.807) is 10.7 Å². The molecule has 4 heterocycles. The molecule has 0 spiro atoms. The molecule has 0 unspecified atom stereocenters. The Morgan fingerprint density at radius 2 is 2.27 bits per heavy atom.